The van der Waals surface area contributed by atoms with Gasteiger partial charge in [0.2, 0.25) is 0 Å². The first kappa shape index (κ1) is 28.8. The summed E-state index contributed by atoms with van der Waals surface area (Å²) in [4.78, 5) is 25.0. The molecule has 42 heavy (non-hydrogen) atoms. The van der Waals surface area contributed by atoms with Crippen molar-refractivity contribution in [2.24, 2.45) is 0 Å². The summed E-state index contributed by atoms with van der Waals surface area (Å²) in [6.45, 7) is 8.36. The zero-order valence-electron chi connectivity index (χ0n) is 23.9. The third kappa shape index (κ3) is 6.11. The highest BCUT2D eigenvalue weighted by molar-refractivity contribution is 5.75. The molecule has 0 unspecified atom stereocenters. The van der Waals surface area contributed by atoms with E-state index in [0.717, 1.165) is 17.3 Å². The van der Waals surface area contributed by atoms with E-state index in [1.807, 2.05) is 43.9 Å². The lowest BCUT2D eigenvalue weighted by Crippen LogP contribution is -2.57. The van der Waals surface area contributed by atoms with E-state index in [1.54, 1.807) is 34.8 Å². The third-order valence-corrected chi connectivity index (χ3v) is 6.89. The molecule has 2 atom stereocenters. The van der Waals surface area contributed by atoms with Gasteiger partial charge < -0.3 is 19.5 Å². The average molecular weight is 574 g/mol. The lowest BCUT2D eigenvalue weighted by atomic mass is 10.1. The fraction of sp³-hybridized carbons (Fsp3) is 0.367. The van der Waals surface area contributed by atoms with Crippen molar-refractivity contribution in [1.82, 2.24) is 24.5 Å². The molecule has 0 bridgehead atoms. The van der Waals surface area contributed by atoms with Gasteiger partial charge in [0, 0.05) is 43.2 Å². The van der Waals surface area contributed by atoms with Gasteiger partial charge in [-0.15, -0.1) is 0 Å². The van der Waals surface area contributed by atoms with Crippen LogP contribution in [-0.4, -0.2) is 73.6 Å². The number of pyridine rings is 3. The molecule has 11 nitrogen and oxygen atoms in total. The van der Waals surface area contributed by atoms with Crippen LogP contribution in [-0.2, 0) is 4.74 Å². The molecule has 0 aromatic carbocycles. The summed E-state index contributed by atoms with van der Waals surface area (Å²) < 4.78 is 26.7. The molecule has 1 fully saturated rings. The number of hydrogen-bond donors (Lipinski definition) is 1. The van der Waals surface area contributed by atoms with Gasteiger partial charge in [-0.3, -0.25) is 9.88 Å². The van der Waals surface area contributed by atoms with E-state index in [0.29, 0.717) is 48.0 Å². The summed E-state index contributed by atoms with van der Waals surface area (Å²) in [5, 5.41) is 24.0. The van der Waals surface area contributed by atoms with Crippen LogP contribution in [0.4, 0.5) is 15.0 Å². The van der Waals surface area contributed by atoms with Gasteiger partial charge in [-0.2, -0.15) is 10.4 Å². The van der Waals surface area contributed by atoms with E-state index >= 15 is 0 Å². The molecule has 0 spiro atoms. The molecule has 1 N–H and O–H groups in total. The molecule has 0 radical (unpaired) electrons. The summed E-state index contributed by atoms with van der Waals surface area (Å²) in [7, 11) is 0. The van der Waals surface area contributed by atoms with Crippen molar-refractivity contribution >= 4 is 17.4 Å². The number of anilines is 1. The molecule has 0 aliphatic carbocycles. The van der Waals surface area contributed by atoms with E-state index in [1.165, 1.54) is 12.3 Å². The predicted octanol–water partition coefficient (Wildman–Crippen LogP) is 4.36. The molecule has 4 aromatic rings. The maximum absolute atomic E-state index is 13.4. The number of aliphatic hydroxyl groups excluding tert-OH is 1. The normalized spacial score (nSPS) is 16.3. The quantitative estimate of drug-likeness (QED) is 0.358. The van der Waals surface area contributed by atoms with Gasteiger partial charge in [0.05, 0.1) is 30.7 Å². The van der Waals surface area contributed by atoms with Crippen LogP contribution in [0.1, 0.15) is 45.1 Å². The molecule has 0 saturated carbocycles. The van der Waals surface area contributed by atoms with Gasteiger partial charge >= 0.3 is 6.09 Å². The number of aromatic nitrogens is 4. The van der Waals surface area contributed by atoms with Crippen molar-refractivity contribution in [3.63, 3.8) is 0 Å². The third-order valence-electron chi connectivity index (χ3n) is 6.89. The second-order valence-corrected chi connectivity index (χ2v) is 11.1. The maximum Gasteiger partial charge on any atom is 0.410 e. The van der Waals surface area contributed by atoms with E-state index in [4.69, 9.17) is 9.47 Å². The number of carbonyl (C=O) groups is 1. The SMILES string of the molecule is C[C@@H](Oc1cc(-c2ccc(N3CCN(C(=O)OC(C)(C)C)[C@@H](CO)C3)nc2)cn2ncc(C#N)c12)c1ccc(F)cn1. The van der Waals surface area contributed by atoms with Crippen LogP contribution in [0, 0.1) is 17.1 Å². The van der Waals surface area contributed by atoms with Crippen LogP contribution in [0.15, 0.2) is 55.1 Å². The second kappa shape index (κ2) is 11.6. The standard InChI is InChI=1S/C30H32FN7O4/c1-19(25-7-6-23(31)15-33-25)41-26-11-21(16-38-28(26)22(12-32)14-35-38)20-5-8-27(34-13-20)36-9-10-37(24(17-36)18-39)29(40)42-30(2,3)4/h5-8,11,13-16,19,24,39H,9-10,17-18H2,1-4H3/t19-,24-/m1/s1. The Morgan fingerprint density at radius 3 is 2.62 bits per heavy atom. The highest BCUT2D eigenvalue weighted by Crippen LogP contribution is 2.33. The monoisotopic (exact) mass is 573 g/mol. The first-order valence-electron chi connectivity index (χ1n) is 13.6. The number of piperazine rings is 1. The molecule has 4 aromatic heterocycles. The number of carbonyl (C=O) groups excluding carboxylic acids is 1. The molecule has 5 rings (SSSR count). The molecule has 1 amide bonds. The number of nitrogens with zero attached hydrogens (tertiary/aromatic N) is 7. The highest BCUT2D eigenvalue weighted by atomic mass is 19.1. The summed E-state index contributed by atoms with van der Waals surface area (Å²) in [5.74, 6) is 0.694. The molecular weight excluding hydrogens is 541 g/mol. The molecule has 1 aliphatic heterocycles. The Kier molecular flexibility index (Phi) is 7.95. The zero-order chi connectivity index (χ0) is 30.0. The minimum Gasteiger partial charge on any atom is -0.482 e. The number of halogens is 1. The van der Waals surface area contributed by atoms with Crippen molar-refractivity contribution in [3.8, 4) is 22.9 Å². The lowest BCUT2D eigenvalue weighted by molar-refractivity contribution is 0.00699. The Morgan fingerprint density at radius 2 is 1.98 bits per heavy atom. The summed E-state index contributed by atoms with van der Waals surface area (Å²) in [5.41, 5.74) is 2.33. The minimum atomic E-state index is -0.623. The van der Waals surface area contributed by atoms with Gasteiger partial charge in [0.25, 0.3) is 0 Å². The second-order valence-electron chi connectivity index (χ2n) is 11.1. The van der Waals surface area contributed by atoms with Crippen molar-refractivity contribution < 1.29 is 23.8 Å². The van der Waals surface area contributed by atoms with Gasteiger partial charge in [-0.05, 0) is 58.0 Å². The van der Waals surface area contributed by atoms with Gasteiger partial charge in [0.1, 0.15) is 46.2 Å². The van der Waals surface area contributed by atoms with Gasteiger partial charge in [-0.1, -0.05) is 0 Å². The van der Waals surface area contributed by atoms with E-state index in [9.17, 15) is 19.6 Å². The first-order chi connectivity index (χ1) is 20.1. The number of aliphatic hydroxyl groups is 1. The topological polar surface area (TPSA) is 129 Å². The molecule has 218 valence electrons. The number of ether oxygens (including phenoxy) is 2. The highest BCUT2D eigenvalue weighted by Gasteiger charge is 2.33. The smallest absolute Gasteiger partial charge is 0.410 e. The van der Waals surface area contributed by atoms with Crippen LogP contribution in [0.2, 0.25) is 0 Å². The van der Waals surface area contributed by atoms with Gasteiger partial charge in [-0.25, -0.2) is 18.7 Å². The molecule has 5 heterocycles. The van der Waals surface area contributed by atoms with Crippen LogP contribution in [0.3, 0.4) is 0 Å². The van der Waals surface area contributed by atoms with Crippen molar-refractivity contribution in [2.45, 2.75) is 45.4 Å². The van der Waals surface area contributed by atoms with Crippen LogP contribution >= 0.6 is 0 Å². The van der Waals surface area contributed by atoms with Crippen molar-refractivity contribution in [1.29, 1.82) is 5.26 Å². The van der Waals surface area contributed by atoms with Crippen molar-refractivity contribution in [2.75, 3.05) is 31.1 Å². The number of amides is 1. The summed E-state index contributed by atoms with van der Waals surface area (Å²) >= 11 is 0. The van der Waals surface area contributed by atoms with Crippen LogP contribution in [0.5, 0.6) is 5.75 Å². The Morgan fingerprint density at radius 1 is 1.17 bits per heavy atom. The fourth-order valence-corrected chi connectivity index (χ4v) is 4.82. The van der Waals surface area contributed by atoms with Crippen molar-refractivity contribution in [3.05, 3.63) is 72.2 Å². The fourth-order valence-electron chi connectivity index (χ4n) is 4.82. The Hall–Kier alpha value is -4.76. The van der Waals surface area contributed by atoms with E-state index < -0.39 is 29.7 Å². The number of hydrogen-bond acceptors (Lipinski definition) is 9. The maximum atomic E-state index is 13.4. The number of rotatable bonds is 6. The Balaban J connectivity index is 1.38. The van der Waals surface area contributed by atoms with E-state index in [-0.39, 0.29) is 6.61 Å². The number of fused-ring (bicyclic) bond motifs is 1. The minimum absolute atomic E-state index is 0.197. The molecule has 1 saturated heterocycles. The van der Waals surface area contributed by atoms with Crippen LogP contribution in [0.25, 0.3) is 16.6 Å². The Labute approximate surface area is 242 Å². The predicted molar refractivity (Wildman–Crippen MR) is 152 cm³/mol. The molecule has 12 heteroatoms. The largest absolute Gasteiger partial charge is 0.482 e. The number of nitriles is 1. The van der Waals surface area contributed by atoms with Crippen LogP contribution < -0.4 is 9.64 Å². The lowest BCUT2D eigenvalue weighted by Gasteiger charge is -2.41. The Bertz CT molecular complexity index is 1610. The average Bonchev–Trinajstić information content (AvgIpc) is 3.40. The zero-order valence-corrected chi connectivity index (χ0v) is 23.9. The van der Waals surface area contributed by atoms with Gasteiger partial charge in [0.15, 0.2) is 0 Å². The molecular formula is C30H32FN7O4. The summed E-state index contributed by atoms with van der Waals surface area (Å²) in [6, 6.07) is 10.2. The summed E-state index contributed by atoms with van der Waals surface area (Å²) in [6.07, 6.45) is 5.17. The molecule has 1 aliphatic rings. The first-order valence-corrected chi connectivity index (χ1v) is 13.6. The van der Waals surface area contributed by atoms with E-state index in [2.05, 4.69) is 21.1 Å².